The number of imide groups is 1. The third-order valence-corrected chi connectivity index (χ3v) is 3.03. The molecule has 90 valence electrons. The van der Waals surface area contributed by atoms with Crippen molar-refractivity contribution in [3.8, 4) is 0 Å². The van der Waals surface area contributed by atoms with Crippen LogP contribution in [0.3, 0.4) is 0 Å². The van der Waals surface area contributed by atoms with Crippen LogP contribution in [0.2, 0.25) is 0 Å². The lowest BCUT2D eigenvalue weighted by molar-refractivity contribution is -0.121. The van der Waals surface area contributed by atoms with Crippen LogP contribution >= 0.6 is 0 Å². The number of urea groups is 1. The van der Waals surface area contributed by atoms with Crippen LogP contribution in [0, 0.1) is 0 Å². The molecule has 1 saturated heterocycles. The molecule has 4 nitrogen and oxygen atoms in total. The van der Waals surface area contributed by atoms with Gasteiger partial charge in [-0.1, -0.05) is 37.3 Å². The van der Waals surface area contributed by atoms with Crippen molar-refractivity contribution in [1.82, 2.24) is 10.2 Å². The van der Waals surface area contributed by atoms with Crippen molar-refractivity contribution in [3.05, 3.63) is 35.9 Å². The monoisotopic (exact) mass is 232 g/mol. The second kappa shape index (κ2) is 4.99. The van der Waals surface area contributed by atoms with E-state index in [1.54, 1.807) is 4.90 Å². The number of nitrogens with one attached hydrogen (secondary N) is 1. The first-order chi connectivity index (χ1) is 8.22. The van der Waals surface area contributed by atoms with Gasteiger partial charge >= 0.3 is 6.03 Å². The third kappa shape index (κ3) is 2.46. The number of hydrogen-bond acceptors (Lipinski definition) is 2. The average Bonchev–Trinajstić information content (AvgIpc) is 2.34. The van der Waals surface area contributed by atoms with Crippen molar-refractivity contribution in [2.45, 2.75) is 25.8 Å². The van der Waals surface area contributed by atoms with Gasteiger partial charge in [0.05, 0.1) is 6.04 Å². The van der Waals surface area contributed by atoms with Gasteiger partial charge in [0.15, 0.2) is 0 Å². The van der Waals surface area contributed by atoms with Gasteiger partial charge in [-0.05, 0) is 12.0 Å². The third-order valence-electron chi connectivity index (χ3n) is 3.03. The van der Waals surface area contributed by atoms with Crippen molar-refractivity contribution in [2.75, 3.05) is 6.54 Å². The van der Waals surface area contributed by atoms with E-state index in [1.165, 1.54) is 0 Å². The number of hydrogen-bond donors (Lipinski definition) is 1. The predicted molar refractivity (Wildman–Crippen MR) is 64.3 cm³/mol. The zero-order valence-electron chi connectivity index (χ0n) is 9.85. The van der Waals surface area contributed by atoms with Crippen LogP contribution in [-0.4, -0.2) is 23.4 Å². The zero-order chi connectivity index (χ0) is 12.3. The standard InChI is InChI=1S/C13H16N2O2/c1-2-11(10-6-4-3-5-7-10)15-9-8-12(16)14-13(15)17/h3-7,11H,2,8-9H2,1H3,(H,14,16,17). The second-order valence-electron chi connectivity index (χ2n) is 4.13. The van der Waals surface area contributed by atoms with E-state index in [4.69, 9.17) is 0 Å². The molecular weight excluding hydrogens is 216 g/mol. The SMILES string of the molecule is CCC(c1ccccc1)N1CCC(=O)NC1=O. The van der Waals surface area contributed by atoms with Crippen molar-refractivity contribution in [3.63, 3.8) is 0 Å². The number of nitrogens with zero attached hydrogens (tertiary/aromatic N) is 1. The topological polar surface area (TPSA) is 49.4 Å². The summed E-state index contributed by atoms with van der Waals surface area (Å²) in [5.74, 6) is -0.186. The van der Waals surface area contributed by atoms with Crippen LogP contribution in [0.1, 0.15) is 31.4 Å². The van der Waals surface area contributed by atoms with Gasteiger partial charge < -0.3 is 4.90 Å². The molecular formula is C13H16N2O2. The van der Waals surface area contributed by atoms with E-state index in [0.29, 0.717) is 13.0 Å². The first-order valence-corrected chi connectivity index (χ1v) is 5.87. The van der Waals surface area contributed by atoms with Crippen molar-refractivity contribution in [2.24, 2.45) is 0 Å². The summed E-state index contributed by atoms with van der Waals surface area (Å²) in [5.41, 5.74) is 1.11. The smallest absolute Gasteiger partial charge is 0.317 e. The first-order valence-electron chi connectivity index (χ1n) is 5.87. The van der Waals surface area contributed by atoms with Gasteiger partial charge in [0.25, 0.3) is 0 Å². The molecule has 0 radical (unpaired) electrons. The molecule has 0 aliphatic carbocycles. The molecule has 0 spiro atoms. The maximum Gasteiger partial charge on any atom is 0.324 e. The Morgan fingerprint density at radius 3 is 2.59 bits per heavy atom. The summed E-state index contributed by atoms with van der Waals surface area (Å²) in [6, 6.07) is 9.67. The van der Waals surface area contributed by atoms with Gasteiger partial charge in [-0.2, -0.15) is 0 Å². The summed E-state index contributed by atoms with van der Waals surface area (Å²) in [7, 11) is 0. The van der Waals surface area contributed by atoms with Crippen LogP contribution in [-0.2, 0) is 4.79 Å². The van der Waals surface area contributed by atoms with Gasteiger partial charge in [-0.3, -0.25) is 10.1 Å². The van der Waals surface area contributed by atoms with E-state index in [0.717, 1.165) is 12.0 Å². The van der Waals surface area contributed by atoms with Crippen LogP contribution in [0.25, 0.3) is 0 Å². The fourth-order valence-electron chi connectivity index (χ4n) is 2.19. The molecule has 17 heavy (non-hydrogen) atoms. The fraction of sp³-hybridized carbons (Fsp3) is 0.385. The predicted octanol–water partition coefficient (Wildman–Crippen LogP) is 2.08. The molecule has 1 aliphatic heterocycles. The molecule has 1 N–H and O–H groups in total. The Labute approximate surface area is 101 Å². The molecule has 1 atom stereocenters. The summed E-state index contributed by atoms with van der Waals surface area (Å²) in [4.78, 5) is 24.6. The highest BCUT2D eigenvalue weighted by atomic mass is 16.2. The second-order valence-corrected chi connectivity index (χ2v) is 4.13. The summed E-state index contributed by atoms with van der Waals surface area (Å²) in [5, 5.41) is 2.36. The molecule has 1 unspecified atom stereocenters. The first kappa shape index (κ1) is 11.6. The van der Waals surface area contributed by atoms with E-state index >= 15 is 0 Å². The summed E-state index contributed by atoms with van der Waals surface area (Å²) >= 11 is 0. The Bertz CT molecular complexity index is 417. The number of rotatable bonds is 3. The Morgan fingerprint density at radius 1 is 1.29 bits per heavy atom. The zero-order valence-corrected chi connectivity index (χ0v) is 9.85. The van der Waals surface area contributed by atoms with E-state index in [1.807, 2.05) is 37.3 Å². The molecule has 0 saturated carbocycles. The molecule has 3 amide bonds. The Morgan fingerprint density at radius 2 is 2.00 bits per heavy atom. The maximum atomic E-state index is 11.8. The summed E-state index contributed by atoms with van der Waals surface area (Å²) < 4.78 is 0. The van der Waals surface area contributed by atoms with Gasteiger partial charge in [0.1, 0.15) is 0 Å². The van der Waals surface area contributed by atoms with Gasteiger partial charge in [0, 0.05) is 13.0 Å². The minimum atomic E-state index is -0.281. The molecule has 1 fully saturated rings. The van der Waals surface area contributed by atoms with Gasteiger partial charge in [0.2, 0.25) is 5.91 Å². The molecule has 1 aromatic rings. The Balaban J connectivity index is 2.19. The lowest BCUT2D eigenvalue weighted by Crippen LogP contribution is -2.50. The largest absolute Gasteiger partial charge is 0.324 e. The Hall–Kier alpha value is -1.84. The van der Waals surface area contributed by atoms with E-state index in [-0.39, 0.29) is 18.0 Å². The quantitative estimate of drug-likeness (QED) is 0.867. The molecule has 0 bridgehead atoms. The fourth-order valence-corrected chi connectivity index (χ4v) is 2.19. The Kier molecular flexibility index (Phi) is 3.42. The molecule has 2 rings (SSSR count). The van der Waals surface area contributed by atoms with E-state index in [9.17, 15) is 9.59 Å². The minimum absolute atomic E-state index is 0.0456. The highest BCUT2D eigenvalue weighted by Gasteiger charge is 2.28. The highest BCUT2D eigenvalue weighted by Crippen LogP contribution is 2.25. The van der Waals surface area contributed by atoms with E-state index in [2.05, 4.69) is 5.32 Å². The average molecular weight is 232 g/mol. The number of amides is 3. The summed E-state index contributed by atoms with van der Waals surface area (Å²) in [6.07, 6.45) is 1.22. The molecule has 0 aromatic heterocycles. The number of carbonyl (C=O) groups is 2. The lowest BCUT2D eigenvalue weighted by atomic mass is 10.0. The molecule has 1 heterocycles. The van der Waals surface area contributed by atoms with Gasteiger partial charge in [-0.15, -0.1) is 0 Å². The summed E-state index contributed by atoms with van der Waals surface area (Å²) in [6.45, 7) is 2.54. The normalized spacial score (nSPS) is 17.8. The number of benzene rings is 1. The lowest BCUT2D eigenvalue weighted by Gasteiger charge is -2.34. The van der Waals surface area contributed by atoms with Crippen LogP contribution in [0.5, 0.6) is 0 Å². The van der Waals surface area contributed by atoms with E-state index < -0.39 is 0 Å². The van der Waals surface area contributed by atoms with Crippen molar-refractivity contribution < 1.29 is 9.59 Å². The highest BCUT2D eigenvalue weighted by molar-refractivity contribution is 5.96. The van der Waals surface area contributed by atoms with Crippen molar-refractivity contribution in [1.29, 1.82) is 0 Å². The molecule has 4 heteroatoms. The van der Waals surface area contributed by atoms with Crippen molar-refractivity contribution >= 4 is 11.9 Å². The number of carbonyl (C=O) groups excluding carboxylic acids is 2. The molecule has 1 aromatic carbocycles. The maximum absolute atomic E-state index is 11.8. The minimum Gasteiger partial charge on any atom is -0.317 e. The van der Waals surface area contributed by atoms with Crippen LogP contribution < -0.4 is 5.32 Å². The van der Waals surface area contributed by atoms with Crippen LogP contribution in [0.4, 0.5) is 4.79 Å². The molecule has 1 aliphatic rings. The van der Waals surface area contributed by atoms with Crippen LogP contribution in [0.15, 0.2) is 30.3 Å². The van der Waals surface area contributed by atoms with Gasteiger partial charge in [-0.25, -0.2) is 4.79 Å².